The molecule has 0 aromatic heterocycles. The molecule has 0 aromatic rings. The maximum absolute atomic E-state index is 5.65. The number of nitrogens with one attached hydrogen (secondary N) is 1. The van der Waals surface area contributed by atoms with E-state index in [1.54, 1.807) is 0 Å². The van der Waals surface area contributed by atoms with Crippen LogP contribution in [0.5, 0.6) is 0 Å². The monoisotopic (exact) mass is 270 g/mol. The highest BCUT2D eigenvalue weighted by Gasteiger charge is 2.15. The Labute approximate surface area is 117 Å². The molecular weight excluding hydrogens is 240 g/mol. The first-order chi connectivity index (χ1) is 8.86. The number of hydrogen-bond donors (Lipinski definition) is 2. The fourth-order valence-corrected chi connectivity index (χ4v) is 3.99. The van der Waals surface area contributed by atoms with Crippen LogP contribution in [0.25, 0.3) is 0 Å². The number of hydrogen-bond acceptors (Lipinski definition) is 3. The summed E-state index contributed by atoms with van der Waals surface area (Å²) < 4.78 is 0. The summed E-state index contributed by atoms with van der Waals surface area (Å²) in [6.07, 6.45) is 15.4. The van der Waals surface area contributed by atoms with E-state index in [2.05, 4.69) is 23.8 Å². The largest absolute Gasteiger partial charge is 0.271 e. The van der Waals surface area contributed by atoms with Crippen LogP contribution in [0.1, 0.15) is 64.2 Å². The van der Waals surface area contributed by atoms with E-state index in [9.17, 15) is 0 Å². The van der Waals surface area contributed by atoms with Crippen molar-refractivity contribution in [3.63, 3.8) is 0 Å². The highest BCUT2D eigenvalue weighted by Crippen LogP contribution is 2.28. The summed E-state index contributed by atoms with van der Waals surface area (Å²) in [6.45, 7) is 3.76. The Morgan fingerprint density at radius 3 is 2.67 bits per heavy atom. The van der Waals surface area contributed by atoms with Gasteiger partial charge in [0.1, 0.15) is 0 Å². The van der Waals surface area contributed by atoms with Gasteiger partial charge in [-0.2, -0.15) is 11.8 Å². The van der Waals surface area contributed by atoms with E-state index < -0.39 is 0 Å². The maximum atomic E-state index is 5.65. The van der Waals surface area contributed by atoms with Crippen LogP contribution in [0.15, 0.2) is 12.7 Å². The van der Waals surface area contributed by atoms with Gasteiger partial charge in [-0.25, -0.2) is 0 Å². The summed E-state index contributed by atoms with van der Waals surface area (Å²) >= 11 is 2.14. The highest BCUT2D eigenvalue weighted by atomic mass is 32.2. The zero-order chi connectivity index (χ0) is 13.1. The van der Waals surface area contributed by atoms with E-state index in [1.807, 2.05) is 6.08 Å². The lowest BCUT2D eigenvalue weighted by Crippen LogP contribution is -2.37. The van der Waals surface area contributed by atoms with Gasteiger partial charge in [-0.3, -0.25) is 11.3 Å². The molecule has 0 radical (unpaired) electrons. The molecule has 0 bridgehead atoms. The zero-order valence-electron chi connectivity index (χ0n) is 11.7. The molecule has 1 unspecified atom stereocenters. The van der Waals surface area contributed by atoms with Crippen LogP contribution < -0.4 is 11.3 Å². The number of nitrogens with two attached hydrogens (primary N) is 1. The average Bonchev–Trinajstić information content (AvgIpc) is 2.43. The van der Waals surface area contributed by atoms with Crippen LogP contribution in [-0.4, -0.2) is 17.0 Å². The molecule has 0 aliphatic heterocycles. The minimum atomic E-state index is 0.501. The number of unbranched alkanes of at least 4 members (excludes halogenated alkanes) is 3. The van der Waals surface area contributed by atoms with Gasteiger partial charge in [0.05, 0.1) is 0 Å². The second-order valence-corrected chi connectivity index (χ2v) is 6.72. The van der Waals surface area contributed by atoms with Gasteiger partial charge < -0.3 is 0 Å². The van der Waals surface area contributed by atoms with Crippen LogP contribution in [0.4, 0.5) is 0 Å². The fraction of sp³-hybridized carbons (Fsp3) is 0.867. The van der Waals surface area contributed by atoms with Crippen molar-refractivity contribution < 1.29 is 0 Å². The van der Waals surface area contributed by atoms with Crippen molar-refractivity contribution in [2.75, 3.05) is 5.75 Å². The van der Waals surface area contributed by atoms with Gasteiger partial charge in [0.25, 0.3) is 0 Å². The first kappa shape index (κ1) is 16.1. The summed E-state index contributed by atoms with van der Waals surface area (Å²) in [6, 6.07) is 0.501. The van der Waals surface area contributed by atoms with Crippen molar-refractivity contribution in [1.29, 1.82) is 0 Å². The van der Waals surface area contributed by atoms with Crippen molar-refractivity contribution in [2.24, 2.45) is 5.84 Å². The van der Waals surface area contributed by atoms with E-state index in [0.29, 0.717) is 6.04 Å². The second-order valence-electron chi connectivity index (χ2n) is 5.38. The van der Waals surface area contributed by atoms with Crippen molar-refractivity contribution in [2.45, 2.75) is 75.5 Å². The standard InChI is InChI=1S/C15H30N2S/c1-2-3-4-5-7-10-14(17-16)13-18-15-11-8-6-9-12-15/h2,14-15,17H,1,3-13,16H2. The quantitative estimate of drug-likeness (QED) is 0.272. The molecule has 1 aliphatic carbocycles. The third-order valence-electron chi connectivity index (χ3n) is 3.78. The smallest absolute Gasteiger partial charge is 0.0301 e. The molecule has 0 amide bonds. The molecule has 0 saturated heterocycles. The number of rotatable bonds is 10. The van der Waals surface area contributed by atoms with Gasteiger partial charge in [0.2, 0.25) is 0 Å². The topological polar surface area (TPSA) is 38.0 Å². The van der Waals surface area contributed by atoms with Gasteiger partial charge in [-0.1, -0.05) is 38.2 Å². The maximum Gasteiger partial charge on any atom is 0.0301 e. The molecule has 1 atom stereocenters. The van der Waals surface area contributed by atoms with Crippen LogP contribution in [0.2, 0.25) is 0 Å². The van der Waals surface area contributed by atoms with Gasteiger partial charge in [0, 0.05) is 17.0 Å². The molecular formula is C15H30N2S. The highest BCUT2D eigenvalue weighted by molar-refractivity contribution is 7.99. The summed E-state index contributed by atoms with van der Waals surface area (Å²) in [4.78, 5) is 0. The first-order valence-corrected chi connectivity index (χ1v) is 8.60. The van der Waals surface area contributed by atoms with Crippen LogP contribution in [-0.2, 0) is 0 Å². The molecule has 0 heterocycles. The van der Waals surface area contributed by atoms with Crippen molar-refractivity contribution in [3.8, 4) is 0 Å². The van der Waals surface area contributed by atoms with Crippen molar-refractivity contribution in [1.82, 2.24) is 5.43 Å². The average molecular weight is 270 g/mol. The number of thioether (sulfide) groups is 1. The molecule has 0 spiro atoms. The van der Waals surface area contributed by atoms with E-state index in [1.165, 1.54) is 63.5 Å². The lowest BCUT2D eigenvalue weighted by molar-refractivity contribution is 0.495. The van der Waals surface area contributed by atoms with Crippen molar-refractivity contribution in [3.05, 3.63) is 12.7 Å². The number of hydrazine groups is 1. The van der Waals surface area contributed by atoms with E-state index in [4.69, 9.17) is 5.84 Å². The van der Waals surface area contributed by atoms with Gasteiger partial charge in [-0.15, -0.1) is 6.58 Å². The fourth-order valence-electron chi connectivity index (χ4n) is 2.56. The minimum absolute atomic E-state index is 0.501. The third-order valence-corrected chi connectivity index (χ3v) is 5.32. The summed E-state index contributed by atoms with van der Waals surface area (Å²) in [5.74, 6) is 6.83. The summed E-state index contributed by atoms with van der Waals surface area (Å²) in [7, 11) is 0. The molecule has 1 rings (SSSR count). The molecule has 3 heteroatoms. The van der Waals surface area contributed by atoms with E-state index in [-0.39, 0.29) is 0 Å². The molecule has 1 aliphatic rings. The van der Waals surface area contributed by atoms with Crippen LogP contribution in [0, 0.1) is 0 Å². The molecule has 106 valence electrons. The van der Waals surface area contributed by atoms with Crippen molar-refractivity contribution >= 4 is 11.8 Å². The molecule has 1 saturated carbocycles. The lowest BCUT2D eigenvalue weighted by Gasteiger charge is -2.23. The predicted octanol–water partition coefficient (Wildman–Crippen LogP) is 4.02. The third kappa shape index (κ3) is 7.45. The molecule has 2 nitrogen and oxygen atoms in total. The first-order valence-electron chi connectivity index (χ1n) is 7.55. The Hall–Kier alpha value is 0.01000. The molecule has 1 fully saturated rings. The van der Waals surface area contributed by atoms with E-state index in [0.717, 1.165) is 11.7 Å². The molecule has 18 heavy (non-hydrogen) atoms. The van der Waals surface area contributed by atoms with Crippen LogP contribution in [0.3, 0.4) is 0 Å². The minimum Gasteiger partial charge on any atom is -0.271 e. The summed E-state index contributed by atoms with van der Waals surface area (Å²) in [5.41, 5.74) is 2.99. The number of allylic oxidation sites excluding steroid dienone is 1. The Bertz CT molecular complexity index is 203. The molecule has 3 N–H and O–H groups in total. The second kappa shape index (κ2) is 10.9. The normalized spacial score (nSPS) is 18.7. The van der Waals surface area contributed by atoms with E-state index >= 15 is 0 Å². The Balaban J connectivity index is 2.03. The van der Waals surface area contributed by atoms with Gasteiger partial charge in [0.15, 0.2) is 0 Å². The lowest BCUT2D eigenvalue weighted by atomic mass is 10.0. The summed E-state index contributed by atoms with van der Waals surface area (Å²) in [5, 5.41) is 0.898. The van der Waals surface area contributed by atoms with Gasteiger partial charge in [-0.05, 0) is 32.1 Å². The Morgan fingerprint density at radius 1 is 1.22 bits per heavy atom. The predicted molar refractivity (Wildman–Crippen MR) is 83.7 cm³/mol. The SMILES string of the molecule is C=CCCCCCC(CSC1CCCCC1)NN. The van der Waals surface area contributed by atoms with Crippen LogP contribution >= 0.6 is 11.8 Å². The molecule has 0 aromatic carbocycles. The Morgan fingerprint density at radius 2 is 2.00 bits per heavy atom. The van der Waals surface area contributed by atoms with Gasteiger partial charge >= 0.3 is 0 Å². The Kier molecular flexibility index (Phi) is 9.72. The zero-order valence-corrected chi connectivity index (χ0v) is 12.5.